The molecule has 4 nitrogen and oxygen atoms in total. The average molecular weight is 277 g/mol. The van der Waals surface area contributed by atoms with Crippen molar-refractivity contribution in [3.8, 4) is 0 Å². The zero-order chi connectivity index (χ0) is 8.20. The van der Waals surface area contributed by atoms with Crippen molar-refractivity contribution in [1.82, 2.24) is 5.32 Å². The normalized spacial score (nSPS) is 9.08. The van der Waals surface area contributed by atoms with Gasteiger partial charge in [0, 0.05) is 6.54 Å². The van der Waals surface area contributed by atoms with Gasteiger partial charge in [-0.1, -0.05) is 4.32 Å². The van der Waals surface area contributed by atoms with Crippen LogP contribution in [0.25, 0.3) is 0 Å². The Morgan fingerprint density at radius 2 is 1.92 bits per heavy atom. The summed E-state index contributed by atoms with van der Waals surface area (Å²) < 4.78 is 29.9. The van der Waals surface area contributed by atoms with Gasteiger partial charge in [-0.05, 0) is 0 Å². The third-order valence-electron chi connectivity index (χ3n) is 0.621. The van der Waals surface area contributed by atoms with E-state index in [1.807, 2.05) is 0 Å². The van der Waals surface area contributed by atoms with Crippen molar-refractivity contribution in [2.45, 2.75) is 0 Å². The van der Waals surface area contributed by atoms with Crippen LogP contribution in [0.4, 0.5) is 0 Å². The fraction of sp³-hybridized carbons (Fsp3) is 0.667. The molecule has 0 aromatic heterocycles. The van der Waals surface area contributed by atoms with Gasteiger partial charge in [0.1, 0.15) is 0 Å². The smallest absolute Gasteiger partial charge is 0.748 e. The molecule has 12 heavy (non-hydrogen) atoms. The summed E-state index contributed by atoms with van der Waals surface area (Å²) >= 11 is 8.78. The quantitative estimate of drug-likeness (QED) is 0.239. The number of hydrogen-bond acceptors (Lipinski definition) is 5. The molecule has 0 aromatic carbocycles. The first-order valence-electron chi connectivity index (χ1n) is 2.30. The van der Waals surface area contributed by atoms with Gasteiger partial charge in [0.2, 0.25) is 0 Å². The first-order valence-corrected chi connectivity index (χ1v) is 4.69. The van der Waals surface area contributed by atoms with Crippen molar-refractivity contribution < 1.29 is 116 Å². The van der Waals surface area contributed by atoms with Crippen LogP contribution >= 0.6 is 12.2 Å². The summed E-state index contributed by atoms with van der Waals surface area (Å²) in [5.41, 5.74) is 0. The van der Waals surface area contributed by atoms with E-state index < -0.39 is 15.9 Å². The molecule has 1 N–H and O–H groups in total. The maximum absolute atomic E-state index is 9.94. The minimum absolute atomic E-state index is 0. The van der Waals surface area contributed by atoms with E-state index in [-0.39, 0.29) is 114 Å². The summed E-state index contributed by atoms with van der Waals surface area (Å²) in [7, 11) is -4.14. The predicted molar refractivity (Wildman–Crippen MR) is 42.5 cm³/mol. The Kier molecular flexibility index (Phi) is 18.6. The number of hydrogen-bond donors (Lipinski definition) is 1. The molecule has 0 fully saturated rings. The fourth-order valence-corrected chi connectivity index (χ4v) is 0.834. The Hall–Kier alpha value is 3.29. The van der Waals surface area contributed by atoms with Crippen molar-refractivity contribution in [3.05, 3.63) is 0 Å². The molecule has 0 aliphatic rings. The molecule has 0 aliphatic carbocycles. The third-order valence-corrected chi connectivity index (χ3v) is 1.61. The average Bonchev–Trinajstić information content (AvgIpc) is 1.59. The molecule has 0 aliphatic heterocycles. The summed E-state index contributed by atoms with van der Waals surface area (Å²) in [6.45, 7) is -0.00579. The minimum Gasteiger partial charge on any atom is -0.748 e. The summed E-state index contributed by atoms with van der Waals surface area (Å²) in [5.74, 6) is -0.482. The van der Waals surface area contributed by atoms with E-state index in [4.69, 9.17) is 0 Å². The van der Waals surface area contributed by atoms with Gasteiger partial charge in [0.25, 0.3) is 0 Å². The maximum atomic E-state index is 9.94. The topological polar surface area (TPSA) is 69.2 Å². The Morgan fingerprint density at radius 1 is 1.50 bits per heavy atom. The van der Waals surface area contributed by atoms with Gasteiger partial charge in [-0.25, -0.2) is 8.42 Å². The summed E-state index contributed by atoms with van der Waals surface area (Å²) in [6.07, 6.45) is 0. The monoisotopic (exact) mass is 277 g/mol. The Labute approximate surface area is 168 Å². The van der Waals surface area contributed by atoms with Crippen LogP contribution in [0.3, 0.4) is 0 Å². The second kappa shape index (κ2) is 10.8. The summed E-state index contributed by atoms with van der Waals surface area (Å²) in [4.78, 5) is 0. The standard InChI is InChI=1S/C3H7NO3S3.2K/c5-10(6,7)2-1-4-3(8)9;;/h1-2H2,(H2,4,8,9)(H,5,6,7);;/q;2*+1/p-2. The number of nitrogens with one attached hydrogen (secondary N) is 1. The van der Waals surface area contributed by atoms with Crippen LogP contribution in [0.15, 0.2) is 0 Å². The SMILES string of the molecule is O=S(=O)([O-])CCNC(=S)[S-].[K+].[K+]. The van der Waals surface area contributed by atoms with Gasteiger partial charge in [-0.15, -0.1) is 0 Å². The van der Waals surface area contributed by atoms with Gasteiger partial charge in [0.15, 0.2) is 0 Å². The molecule has 0 rings (SSSR count). The largest absolute Gasteiger partial charge is 1.00 e. The minimum atomic E-state index is -4.14. The van der Waals surface area contributed by atoms with Gasteiger partial charge in [-0.3, -0.25) is 0 Å². The van der Waals surface area contributed by atoms with Crippen LogP contribution in [0.5, 0.6) is 0 Å². The van der Waals surface area contributed by atoms with Crippen molar-refractivity contribution in [2.24, 2.45) is 0 Å². The fourth-order valence-electron chi connectivity index (χ4n) is 0.278. The second-order valence-electron chi connectivity index (χ2n) is 1.48. The molecule has 9 heteroatoms. The van der Waals surface area contributed by atoms with E-state index in [1.54, 1.807) is 0 Å². The van der Waals surface area contributed by atoms with E-state index in [2.05, 4.69) is 30.2 Å². The molecule has 0 unspecified atom stereocenters. The molecule has 0 saturated carbocycles. The second-order valence-corrected chi connectivity index (χ2v) is 4.07. The van der Waals surface area contributed by atoms with Crippen LogP contribution in [-0.4, -0.2) is 29.6 Å². The van der Waals surface area contributed by atoms with E-state index in [0.717, 1.165) is 0 Å². The van der Waals surface area contributed by atoms with Crippen LogP contribution < -0.4 is 108 Å². The van der Waals surface area contributed by atoms with Crippen molar-refractivity contribution in [1.29, 1.82) is 0 Å². The maximum Gasteiger partial charge on any atom is 1.00 e. The molecule has 0 bridgehead atoms. The Balaban J connectivity index is -0.000000405. The zero-order valence-electron chi connectivity index (χ0n) is 6.86. The first-order chi connectivity index (χ1) is 4.42. The molecule has 60 valence electrons. The molecule has 0 saturated heterocycles. The Morgan fingerprint density at radius 3 is 2.17 bits per heavy atom. The summed E-state index contributed by atoms with van der Waals surface area (Å²) in [5, 5.41) is 2.37. The molecule has 0 aromatic rings. The van der Waals surface area contributed by atoms with Crippen molar-refractivity contribution in [2.75, 3.05) is 12.3 Å². The van der Waals surface area contributed by atoms with Crippen LogP contribution in [-0.2, 0) is 22.7 Å². The third kappa shape index (κ3) is 19.0. The molecule has 0 spiro atoms. The summed E-state index contributed by atoms with van der Waals surface area (Å²) in [6, 6.07) is 0. The molecule has 0 heterocycles. The van der Waals surface area contributed by atoms with Gasteiger partial charge in [-0.2, -0.15) is 0 Å². The van der Waals surface area contributed by atoms with E-state index >= 15 is 0 Å². The van der Waals surface area contributed by atoms with Gasteiger partial charge >= 0.3 is 103 Å². The van der Waals surface area contributed by atoms with Crippen molar-refractivity contribution >= 4 is 39.3 Å². The van der Waals surface area contributed by atoms with Crippen LogP contribution in [0, 0.1) is 0 Å². The zero-order valence-corrected chi connectivity index (χ0v) is 15.6. The molecular formula is C3H5K2NO3S3. The molecular weight excluding hydrogens is 272 g/mol. The number of rotatable bonds is 3. The van der Waals surface area contributed by atoms with E-state index in [1.165, 1.54) is 0 Å². The Bertz CT molecular complexity index is 217. The first kappa shape index (κ1) is 20.7. The van der Waals surface area contributed by atoms with Gasteiger partial charge < -0.3 is 34.7 Å². The molecule has 0 amide bonds. The van der Waals surface area contributed by atoms with Gasteiger partial charge in [0.05, 0.1) is 15.9 Å². The molecule has 0 atom stereocenters. The van der Waals surface area contributed by atoms with Crippen LogP contribution in [0.1, 0.15) is 0 Å². The predicted octanol–water partition coefficient (Wildman–Crippen LogP) is -7.04. The molecule has 0 radical (unpaired) electrons. The van der Waals surface area contributed by atoms with E-state index in [0.29, 0.717) is 0 Å². The number of thiocarbonyl (C=S) groups is 1. The van der Waals surface area contributed by atoms with Crippen LogP contribution in [0.2, 0.25) is 0 Å². The van der Waals surface area contributed by atoms with Crippen molar-refractivity contribution in [3.63, 3.8) is 0 Å². The van der Waals surface area contributed by atoms with E-state index in [9.17, 15) is 13.0 Å².